The molecule has 0 bridgehead atoms. The smallest absolute Gasteiger partial charge is 0.341 e. The first-order valence-corrected chi connectivity index (χ1v) is 14.5. The Morgan fingerprint density at radius 1 is 1.25 bits per heavy atom. The minimum absolute atomic E-state index is 0.0263. The number of hydrogen-bond acceptors (Lipinski definition) is 4. The Kier molecular flexibility index (Phi) is 7.62. The van der Waals surface area contributed by atoms with Crippen LogP contribution in [0, 0.1) is 17.7 Å². The zero-order chi connectivity index (χ0) is 25.2. The molecule has 0 amide bonds. The van der Waals surface area contributed by atoms with E-state index in [0.717, 1.165) is 43.7 Å². The van der Waals surface area contributed by atoms with Crippen LogP contribution in [0.5, 0.6) is 5.75 Å². The fraction of sp³-hybridized carbons (Fsp3) is 0.536. The predicted octanol–water partition coefficient (Wildman–Crippen LogP) is 5.55. The molecule has 6 nitrogen and oxygen atoms in total. The van der Waals surface area contributed by atoms with Gasteiger partial charge >= 0.3 is 5.97 Å². The van der Waals surface area contributed by atoms with Crippen LogP contribution in [0.15, 0.2) is 35.2 Å². The van der Waals surface area contributed by atoms with Gasteiger partial charge in [0, 0.05) is 18.0 Å². The van der Waals surface area contributed by atoms with Gasteiger partial charge in [0.2, 0.25) is 0 Å². The number of fused-ring (bicyclic) bond motifs is 3. The number of rotatable bonds is 11. The number of aromatic carboxylic acids is 1. The Balaban J connectivity index is 1.23. The molecule has 2 N–H and O–H groups in total. The number of nitrogens with zero attached hydrogens (tertiary/aromatic N) is 1. The minimum Gasteiger partial charge on any atom is -0.492 e. The SMILES string of the molecule is CCN1CCC(CCCCCc2cc(F)ccc2[SH+](=O)Nc2ccc3c(c2C(=O)O)OCC2CC32)C1. The van der Waals surface area contributed by atoms with Gasteiger partial charge < -0.3 is 14.7 Å². The normalized spacial score (nSPS) is 23.4. The molecule has 0 aromatic heterocycles. The van der Waals surface area contributed by atoms with Crippen molar-refractivity contribution in [2.24, 2.45) is 11.8 Å². The van der Waals surface area contributed by atoms with Gasteiger partial charge in [0.05, 0.1) is 12.3 Å². The molecule has 2 aromatic carbocycles. The van der Waals surface area contributed by atoms with E-state index < -0.39 is 17.0 Å². The maximum atomic E-state index is 14.1. The first-order chi connectivity index (χ1) is 17.4. The fourth-order valence-electron chi connectivity index (χ4n) is 5.84. The number of anilines is 1. The second-order valence-electron chi connectivity index (χ2n) is 10.5. The first-order valence-electron chi connectivity index (χ1n) is 13.2. The second kappa shape index (κ2) is 10.9. The molecule has 4 unspecified atom stereocenters. The summed E-state index contributed by atoms with van der Waals surface area (Å²) in [4.78, 5) is 15.1. The van der Waals surface area contributed by atoms with Crippen LogP contribution < -0.4 is 9.46 Å². The number of benzene rings is 2. The van der Waals surface area contributed by atoms with E-state index in [1.807, 2.05) is 6.07 Å². The molecule has 2 aliphatic heterocycles. The van der Waals surface area contributed by atoms with Crippen LogP contribution in [0.2, 0.25) is 0 Å². The molecule has 36 heavy (non-hydrogen) atoms. The summed E-state index contributed by atoms with van der Waals surface area (Å²) in [6, 6.07) is 7.90. The van der Waals surface area contributed by atoms with Crippen molar-refractivity contribution in [2.45, 2.75) is 62.7 Å². The van der Waals surface area contributed by atoms with Crippen molar-refractivity contribution in [1.82, 2.24) is 4.90 Å². The van der Waals surface area contributed by atoms with E-state index >= 15 is 0 Å². The molecular formula is C28H36FN2O4S+. The Hall–Kier alpha value is -2.45. The summed E-state index contributed by atoms with van der Waals surface area (Å²) < 4.78 is 36.1. The second-order valence-corrected chi connectivity index (χ2v) is 11.7. The standard InChI is InChI=1S/C28H35FN2O4S/c1-2-31-13-12-18(16-31)6-4-3-5-7-19-14-21(29)8-11-25(19)36(34)30-24-10-9-22-23-15-20(23)17-35-27(22)26(24)28(32)33/h8-11,14,18,20,23H,2-7,12-13,15-17H2,1H3,(H,30,34)(H,32,33)/p+1. The van der Waals surface area contributed by atoms with Gasteiger partial charge in [0.25, 0.3) is 0 Å². The number of halogens is 1. The minimum atomic E-state index is -2.17. The molecule has 1 saturated heterocycles. The maximum Gasteiger partial charge on any atom is 0.341 e. The van der Waals surface area contributed by atoms with Crippen molar-refractivity contribution >= 4 is 22.6 Å². The molecule has 0 radical (unpaired) electrons. The number of thiol groups is 1. The number of nitrogens with one attached hydrogen (secondary N) is 1. The van der Waals surface area contributed by atoms with E-state index in [2.05, 4.69) is 16.5 Å². The van der Waals surface area contributed by atoms with Crippen LogP contribution in [0.3, 0.4) is 0 Å². The van der Waals surface area contributed by atoms with E-state index in [4.69, 9.17) is 4.74 Å². The molecule has 1 aliphatic carbocycles. The lowest BCUT2D eigenvalue weighted by Gasteiger charge is -2.20. The highest BCUT2D eigenvalue weighted by Crippen LogP contribution is 2.55. The third kappa shape index (κ3) is 5.44. The van der Waals surface area contributed by atoms with Gasteiger partial charge in [-0.1, -0.05) is 30.0 Å². The number of carboxylic acids is 1. The Labute approximate surface area is 214 Å². The molecule has 2 heterocycles. The van der Waals surface area contributed by atoms with Crippen molar-refractivity contribution in [1.29, 1.82) is 0 Å². The molecule has 194 valence electrons. The molecule has 2 fully saturated rings. The summed E-state index contributed by atoms with van der Waals surface area (Å²) in [6.45, 7) is 6.26. The topological polar surface area (TPSA) is 78.9 Å². The largest absolute Gasteiger partial charge is 0.492 e. The van der Waals surface area contributed by atoms with Gasteiger partial charge in [-0.25, -0.2) is 13.9 Å². The monoisotopic (exact) mass is 515 g/mol. The number of unbranched alkanes of at least 4 members (excludes halogenated alkanes) is 2. The van der Waals surface area contributed by atoms with E-state index in [1.165, 1.54) is 38.1 Å². The van der Waals surface area contributed by atoms with Gasteiger partial charge in [-0.2, -0.15) is 0 Å². The molecule has 3 aliphatic rings. The Bertz CT molecular complexity index is 1160. The number of carboxylic acid groups (broad SMARTS) is 1. The summed E-state index contributed by atoms with van der Waals surface area (Å²) in [5, 5.41) is 9.90. The van der Waals surface area contributed by atoms with Gasteiger partial charge in [-0.05, 0) is 86.9 Å². The van der Waals surface area contributed by atoms with Crippen LogP contribution in [0.4, 0.5) is 10.1 Å². The molecule has 1 saturated carbocycles. The number of hydrogen-bond donors (Lipinski definition) is 2. The molecule has 8 heteroatoms. The van der Waals surface area contributed by atoms with E-state index in [1.54, 1.807) is 12.1 Å². The lowest BCUT2D eigenvalue weighted by molar-refractivity contribution is 0.0692. The van der Waals surface area contributed by atoms with Gasteiger partial charge in [-0.15, -0.1) is 0 Å². The van der Waals surface area contributed by atoms with E-state index in [9.17, 15) is 18.5 Å². The van der Waals surface area contributed by atoms with Gasteiger partial charge in [-0.3, -0.25) is 0 Å². The third-order valence-corrected chi connectivity index (χ3v) is 9.34. The van der Waals surface area contributed by atoms with Crippen molar-refractivity contribution in [3.63, 3.8) is 0 Å². The van der Waals surface area contributed by atoms with Gasteiger partial charge in [0.15, 0.2) is 15.9 Å². The number of ether oxygens (including phenoxy) is 1. The molecule has 0 spiro atoms. The van der Waals surface area contributed by atoms with Crippen LogP contribution >= 0.6 is 0 Å². The summed E-state index contributed by atoms with van der Waals surface area (Å²) in [5.41, 5.74) is 1.94. The highest BCUT2D eigenvalue weighted by Gasteiger charge is 2.45. The zero-order valence-electron chi connectivity index (χ0n) is 20.8. The van der Waals surface area contributed by atoms with Crippen LogP contribution in [-0.4, -0.2) is 42.2 Å². The van der Waals surface area contributed by atoms with E-state index in [-0.39, 0.29) is 17.1 Å². The summed E-state index contributed by atoms with van der Waals surface area (Å²) in [6.07, 6.45) is 7.27. The molecule has 5 rings (SSSR count). The van der Waals surface area contributed by atoms with Crippen molar-refractivity contribution in [3.8, 4) is 5.75 Å². The lowest BCUT2D eigenvalue weighted by Crippen LogP contribution is -2.19. The molecule has 2 aromatic rings. The van der Waals surface area contributed by atoms with Crippen molar-refractivity contribution in [3.05, 3.63) is 52.8 Å². The number of likely N-dealkylation sites (tertiary alicyclic amines) is 1. The Morgan fingerprint density at radius 2 is 2.11 bits per heavy atom. The van der Waals surface area contributed by atoms with Crippen molar-refractivity contribution in [2.75, 3.05) is 31.0 Å². The quantitative estimate of drug-likeness (QED) is 0.233. The number of aryl methyl sites for hydroxylation is 1. The highest BCUT2D eigenvalue weighted by atomic mass is 32.2. The van der Waals surface area contributed by atoms with Crippen molar-refractivity contribution < 1.29 is 23.2 Å². The van der Waals surface area contributed by atoms with Gasteiger partial charge in [0.1, 0.15) is 17.1 Å². The highest BCUT2D eigenvalue weighted by molar-refractivity contribution is 7.86. The van der Waals surface area contributed by atoms with Crippen LogP contribution in [-0.2, 0) is 21.6 Å². The fourth-order valence-corrected chi connectivity index (χ4v) is 7.01. The summed E-state index contributed by atoms with van der Waals surface area (Å²) in [7, 11) is -2.17. The average molecular weight is 516 g/mol. The van der Waals surface area contributed by atoms with Crippen LogP contribution in [0.1, 0.15) is 72.9 Å². The average Bonchev–Trinajstić information content (AvgIpc) is 3.52. The van der Waals surface area contributed by atoms with Crippen LogP contribution in [0.25, 0.3) is 0 Å². The Morgan fingerprint density at radius 3 is 2.89 bits per heavy atom. The summed E-state index contributed by atoms with van der Waals surface area (Å²) in [5.74, 6) is 0.537. The molecule has 4 atom stereocenters. The summed E-state index contributed by atoms with van der Waals surface area (Å²) >= 11 is 0. The zero-order valence-corrected chi connectivity index (χ0v) is 21.7. The number of carbonyl (C=O) groups is 1. The predicted molar refractivity (Wildman–Crippen MR) is 140 cm³/mol. The third-order valence-electron chi connectivity index (χ3n) is 8.02. The maximum absolute atomic E-state index is 14.1. The lowest BCUT2D eigenvalue weighted by atomic mass is 9.99. The molecular weight excluding hydrogens is 479 g/mol. The first kappa shape index (κ1) is 25.2. The van der Waals surface area contributed by atoms with E-state index in [0.29, 0.717) is 41.1 Å².